The maximum atomic E-state index is 12.2. The molecule has 0 aromatic rings. The number of ether oxygens (including phenoxy) is 6. The minimum absolute atomic E-state index is 0.0469. The second-order valence-electron chi connectivity index (χ2n) is 9.08. The predicted molar refractivity (Wildman–Crippen MR) is 149 cm³/mol. The molecule has 16 nitrogen and oxygen atoms in total. The molecule has 0 spiro atoms. The average molecular weight is 625 g/mol. The van der Waals surface area contributed by atoms with Crippen molar-refractivity contribution in [3.05, 3.63) is 48.6 Å². The van der Waals surface area contributed by atoms with E-state index in [2.05, 4.69) is 36.9 Å². The molecule has 0 radical (unpaired) electrons. The lowest BCUT2D eigenvalue weighted by molar-refractivity contribution is -0.168. The standard InChI is InChI=1S/C28H36N2O14/c1-15(2)23(33)39-11-19(12-40-24(34)16(3)4)43-27(37)21(31)29-9-10-30-22(32)28(38)44-20(13-41-25(35)17(5)6)14-42-26(36)18(7)8/h19-20H,1,3,5,7,9-14H2,2,4,6,8H3,(H,29,31)(H,30,32). The summed E-state index contributed by atoms with van der Waals surface area (Å²) < 4.78 is 29.4. The van der Waals surface area contributed by atoms with Gasteiger partial charge in [-0.15, -0.1) is 0 Å². The van der Waals surface area contributed by atoms with Gasteiger partial charge in [0.25, 0.3) is 0 Å². The minimum atomic E-state index is -1.44. The Labute approximate surface area is 253 Å². The summed E-state index contributed by atoms with van der Waals surface area (Å²) in [4.78, 5) is 95.1. The maximum Gasteiger partial charge on any atom is 0.397 e. The van der Waals surface area contributed by atoms with E-state index in [1.165, 1.54) is 27.7 Å². The molecule has 44 heavy (non-hydrogen) atoms. The Bertz CT molecular complexity index is 1050. The monoisotopic (exact) mass is 624 g/mol. The summed E-state index contributed by atoms with van der Waals surface area (Å²) >= 11 is 0. The van der Waals surface area contributed by atoms with E-state index in [0.29, 0.717) is 0 Å². The number of nitrogens with one attached hydrogen (secondary N) is 2. The number of amides is 2. The fourth-order valence-electron chi connectivity index (χ4n) is 2.31. The first-order chi connectivity index (χ1) is 20.5. The highest BCUT2D eigenvalue weighted by atomic mass is 16.6. The Hall–Kier alpha value is -5.28. The quantitative estimate of drug-likeness (QED) is 0.0687. The van der Waals surface area contributed by atoms with Crippen molar-refractivity contribution in [2.45, 2.75) is 39.9 Å². The van der Waals surface area contributed by atoms with Crippen molar-refractivity contribution >= 4 is 47.6 Å². The summed E-state index contributed by atoms with van der Waals surface area (Å²) in [5.74, 6) is -8.69. The minimum Gasteiger partial charge on any atom is -0.458 e. The predicted octanol–water partition coefficient (Wildman–Crippen LogP) is -0.480. The van der Waals surface area contributed by atoms with Crippen molar-refractivity contribution < 1.29 is 66.8 Å². The topological polar surface area (TPSA) is 216 Å². The molecule has 0 aromatic carbocycles. The molecule has 0 saturated heterocycles. The molecule has 0 unspecified atom stereocenters. The zero-order valence-corrected chi connectivity index (χ0v) is 24.9. The van der Waals surface area contributed by atoms with Crippen LogP contribution in [0, 0.1) is 0 Å². The normalized spacial score (nSPS) is 10.0. The molecule has 2 N–H and O–H groups in total. The highest BCUT2D eigenvalue weighted by Gasteiger charge is 2.26. The lowest BCUT2D eigenvalue weighted by atomic mass is 10.3. The number of carbonyl (C=O) groups excluding carboxylic acids is 8. The Morgan fingerprint density at radius 1 is 0.455 bits per heavy atom. The van der Waals surface area contributed by atoms with Crippen LogP contribution in [0.4, 0.5) is 0 Å². The summed E-state index contributed by atoms with van der Waals surface area (Å²) in [5.41, 5.74) is 0.187. The first-order valence-electron chi connectivity index (χ1n) is 12.7. The maximum absolute atomic E-state index is 12.2. The van der Waals surface area contributed by atoms with Gasteiger partial charge in [0, 0.05) is 35.4 Å². The zero-order chi connectivity index (χ0) is 34.0. The average Bonchev–Trinajstić information content (AvgIpc) is 2.96. The van der Waals surface area contributed by atoms with Crippen molar-refractivity contribution in [1.29, 1.82) is 0 Å². The molecular weight excluding hydrogens is 588 g/mol. The number of rotatable bonds is 17. The molecule has 0 aliphatic carbocycles. The fraction of sp³-hybridized carbons (Fsp3) is 0.429. The Morgan fingerprint density at radius 2 is 0.682 bits per heavy atom. The third-order valence-corrected chi connectivity index (χ3v) is 4.61. The van der Waals surface area contributed by atoms with Gasteiger partial charge >= 0.3 is 47.6 Å². The van der Waals surface area contributed by atoms with Gasteiger partial charge in [0.1, 0.15) is 26.4 Å². The van der Waals surface area contributed by atoms with Gasteiger partial charge in [-0.3, -0.25) is 9.59 Å². The highest BCUT2D eigenvalue weighted by molar-refractivity contribution is 6.33. The van der Waals surface area contributed by atoms with Crippen LogP contribution in [0.1, 0.15) is 27.7 Å². The molecule has 0 fully saturated rings. The van der Waals surface area contributed by atoms with E-state index in [9.17, 15) is 38.4 Å². The van der Waals surface area contributed by atoms with Crippen LogP contribution in [0.2, 0.25) is 0 Å². The van der Waals surface area contributed by atoms with Gasteiger partial charge in [0.05, 0.1) is 0 Å². The van der Waals surface area contributed by atoms with Crippen LogP contribution in [-0.2, 0) is 66.8 Å². The van der Waals surface area contributed by atoms with Crippen LogP contribution in [0.5, 0.6) is 0 Å². The Morgan fingerprint density at radius 3 is 0.886 bits per heavy atom. The summed E-state index contributed by atoms with van der Waals surface area (Å²) in [5, 5.41) is 4.24. The first kappa shape index (κ1) is 38.7. The van der Waals surface area contributed by atoms with E-state index in [-0.39, 0.29) is 35.4 Å². The molecule has 0 rings (SSSR count). The summed E-state index contributed by atoms with van der Waals surface area (Å²) in [6.07, 6.45) is -2.71. The van der Waals surface area contributed by atoms with Gasteiger partial charge in [-0.05, 0) is 27.7 Å². The smallest absolute Gasteiger partial charge is 0.397 e. The SMILES string of the molecule is C=C(C)C(=O)OCC(COC(=O)C(=C)C)OC(=O)C(=O)NCCNC(=O)C(=O)OC(COC(=O)C(=C)C)COC(=O)C(=C)C. The Balaban J connectivity index is 4.92. The van der Waals surface area contributed by atoms with Crippen LogP contribution in [0.25, 0.3) is 0 Å². The van der Waals surface area contributed by atoms with E-state index in [1.54, 1.807) is 0 Å². The third kappa shape index (κ3) is 16.2. The van der Waals surface area contributed by atoms with Crippen molar-refractivity contribution in [3.63, 3.8) is 0 Å². The van der Waals surface area contributed by atoms with Gasteiger partial charge in [-0.25, -0.2) is 28.8 Å². The number of carbonyl (C=O) groups is 8. The van der Waals surface area contributed by atoms with Crippen LogP contribution in [-0.4, -0.2) is 99.4 Å². The molecular formula is C28H36N2O14. The zero-order valence-electron chi connectivity index (χ0n) is 24.9. The summed E-state index contributed by atoms with van der Waals surface area (Å²) in [6, 6.07) is 0. The molecule has 242 valence electrons. The molecule has 0 aromatic heterocycles. The fourth-order valence-corrected chi connectivity index (χ4v) is 2.31. The van der Waals surface area contributed by atoms with E-state index in [4.69, 9.17) is 28.4 Å². The molecule has 0 aliphatic heterocycles. The molecule has 0 bridgehead atoms. The van der Waals surface area contributed by atoms with Crippen LogP contribution in [0.3, 0.4) is 0 Å². The van der Waals surface area contributed by atoms with Gasteiger partial charge in [-0.2, -0.15) is 0 Å². The molecule has 0 aliphatic rings. The summed E-state index contributed by atoms with van der Waals surface area (Å²) in [6.45, 7) is 16.1. The number of hydrogen-bond acceptors (Lipinski definition) is 14. The lowest BCUT2D eigenvalue weighted by Gasteiger charge is -2.18. The van der Waals surface area contributed by atoms with E-state index >= 15 is 0 Å². The second-order valence-corrected chi connectivity index (χ2v) is 9.08. The Kier molecular flexibility index (Phi) is 17.4. The molecule has 16 heteroatoms. The highest BCUT2D eigenvalue weighted by Crippen LogP contribution is 2.04. The summed E-state index contributed by atoms with van der Waals surface area (Å²) in [7, 11) is 0. The number of esters is 6. The second kappa shape index (κ2) is 19.8. The van der Waals surface area contributed by atoms with E-state index < -0.39 is 86.3 Å². The number of hydrogen-bond donors (Lipinski definition) is 2. The lowest BCUT2D eigenvalue weighted by Crippen LogP contribution is -2.43. The molecule has 0 atom stereocenters. The van der Waals surface area contributed by atoms with Gasteiger partial charge in [0.15, 0.2) is 12.2 Å². The third-order valence-electron chi connectivity index (χ3n) is 4.61. The van der Waals surface area contributed by atoms with Crippen LogP contribution < -0.4 is 10.6 Å². The molecule has 0 heterocycles. The molecule has 0 saturated carbocycles. The van der Waals surface area contributed by atoms with E-state index in [1.807, 2.05) is 0 Å². The largest absolute Gasteiger partial charge is 0.458 e. The first-order valence-corrected chi connectivity index (χ1v) is 12.7. The van der Waals surface area contributed by atoms with Gasteiger partial charge < -0.3 is 39.1 Å². The van der Waals surface area contributed by atoms with Crippen LogP contribution in [0.15, 0.2) is 48.6 Å². The molecule has 2 amide bonds. The van der Waals surface area contributed by atoms with Crippen molar-refractivity contribution in [3.8, 4) is 0 Å². The van der Waals surface area contributed by atoms with E-state index in [0.717, 1.165) is 0 Å². The van der Waals surface area contributed by atoms with Gasteiger partial charge in [0.2, 0.25) is 0 Å². The van der Waals surface area contributed by atoms with Gasteiger partial charge in [-0.1, -0.05) is 26.3 Å². The van der Waals surface area contributed by atoms with Crippen molar-refractivity contribution in [2.75, 3.05) is 39.5 Å². The van der Waals surface area contributed by atoms with Crippen molar-refractivity contribution in [2.24, 2.45) is 0 Å². The van der Waals surface area contributed by atoms with Crippen LogP contribution >= 0.6 is 0 Å². The van der Waals surface area contributed by atoms with Crippen molar-refractivity contribution in [1.82, 2.24) is 10.6 Å².